The van der Waals surface area contributed by atoms with Gasteiger partial charge in [-0.1, -0.05) is 37.5 Å². The van der Waals surface area contributed by atoms with Crippen molar-refractivity contribution >= 4 is 22.9 Å². The highest BCUT2D eigenvalue weighted by Crippen LogP contribution is 2.49. The summed E-state index contributed by atoms with van der Waals surface area (Å²) in [6, 6.07) is 8.70. The van der Waals surface area contributed by atoms with Crippen molar-refractivity contribution in [2.75, 3.05) is 13.1 Å². The molecule has 1 aromatic heterocycles. The van der Waals surface area contributed by atoms with Gasteiger partial charge in [0, 0.05) is 24.5 Å². The molecule has 1 N–H and O–H groups in total. The summed E-state index contributed by atoms with van der Waals surface area (Å²) in [5.74, 6) is -0.0585. The minimum Gasteiger partial charge on any atom is -0.444 e. The van der Waals surface area contributed by atoms with Crippen LogP contribution in [0.2, 0.25) is 0 Å². The van der Waals surface area contributed by atoms with Crippen LogP contribution in [0.4, 0.5) is 4.79 Å². The Morgan fingerprint density at radius 1 is 1.06 bits per heavy atom. The second kappa shape index (κ2) is 8.90. The molecule has 5 rings (SSSR count). The SMILES string of the molecule is CC(C)(C)OC(=O)N1CCC2(CC1)CC(NC(=O)c1nn(C3CCCCC3)c3ccccc13)C2. The van der Waals surface area contributed by atoms with E-state index in [-0.39, 0.29) is 23.5 Å². The quantitative estimate of drug-likeness (QED) is 0.652. The van der Waals surface area contributed by atoms with Crippen molar-refractivity contribution < 1.29 is 14.3 Å². The molecule has 7 heteroatoms. The fraction of sp³-hybridized carbons (Fsp3) is 0.667. The van der Waals surface area contributed by atoms with Gasteiger partial charge < -0.3 is 15.0 Å². The Hall–Kier alpha value is -2.57. The van der Waals surface area contributed by atoms with Gasteiger partial charge in [0.15, 0.2) is 5.69 Å². The van der Waals surface area contributed by atoms with Gasteiger partial charge in [-0.15, -0.1) is 0 Å². The third kappa shape index (κ3) is 4.66. The summed E-state index contributed by atoms with van der Waals surface area (Å²) in [5, 5.41) is 9.04. The Bertz CT molecular complexity index is 1050. The summed E-state index contributed by atoms with van der Waals surface area (Å²) >= 11 is 0. The number of nitrogens with zero attached hydrogens (tertiary/aromatic N) is 3. The third-order valence-corrected chi connectivity index (χ3v) is 7.92. The standard InChI is InChI=1S/C27H38N4O3/c1-26(2,3)34-25(33)30-15-13-27(14-16-30)17-19(18-27)28-24(32)23-21-11-7-8-12-22(21)31(29-23)20-9-5-4-6-10-20/h7-8,11-12,19-20H,4-6,9-10,13-18H2,1-3H3,(H,28,32). The van der Waals surface area contributed by atoms with Crippen LogP contribution in [0.1, 0.15) is 95.1 Å². The van der Waals surface area contributed by atoms with Gasteiger partial charge >= 0.3 is 6.09 Å². The number of ether oxygens (including phenoxy) is 1. The number of carbonyl (C=O) groups is 2. The highest BCUT2D eigenvalue weighted by molar-refractivity contribution is 6.05. The van der Waals surface area contributed by atoms with E-state index in [4.69, 9.17) is 9.84 Å². The van der Waals surface area contributed by atoms with E-state index < -0.39 is 5.60 Å². The van der Waals surface area contributed by atoms with Crippen LogP contribution in [0, 0.1) is 5.41 Å². The van der Waals surface area contributed by atoms with E-state index in [1.54, 1.807) is 0 Å². The smallest absolute Gasteiger partial charge is 0.410 e. The molecule has 2 saturated carbocycles. The molecule has 1 saturated heterocycles. The minimum atomic E-state index is -0.466. The largest absolute Gasteiger partial charge is 0.444 e. The van der Waals surface area contributed by atoms with Crippen LogP contribution < -0.4 is 5.32 Å². The van der Waals surface area contributed by atoms with E-state index in [1.165, 1.54) is 19.3 Å². The first-order valence-electron chi connectivity index (χ1n) is 13.0. The number of para-hydroxylation sites is 1. The number of likely N-dealkylation sites (tertiary alicyclic amines) is 1. The molecule has 0 radical (unpaired) electrons. The number of fused-ring (bicyclic) bond motifs is 1. The van der Waals surface area contributed by atoms with Crippen molar-refractivity contribution in [2.45, 2.75) is 96.2 Å². The monoisotopic (exact) mass is 466 g/mol. The second-order valence-corrected chi connectivity index (χ2v) is 11.6. The fourth-order valence-corrected chi connectivity index (χ4v) is 6.10. The molecule has 2 amide bonds. The lowest BCUT2D eigenvalue weighted by Crippen LogP contribution is -2.55. The second-order valence-electron chi connectivity index (χ2n) is 11.6. The number of piperidine rings is 1. The molecule has 184 valence electrons. The van der Waals surface area contributed by atoms with Crippen molar-refractivity contribution in [1.82, 2.24) is 20.0 Å². The van der Waals surface area contributed by atoms with Gasteiger partial charge in [-0.05, 0) is 70.8 Å². The zero-order valence-corrected chi connectivity index (χ0v) is 20.8. The number of carbonyl (C=O) groups excluding carboxylic acids is 2. The van der Waals surface area contributed by atoms with Crippen LogP contribution in [-0.2, 0) is 4.74 Å². The molecule has 2 aliphatic carbocycles. The zero-order valence-electron chi connectivity index (χ0n) is 20.8. The number of benzene rings is 1. The summed E-state index contributed by atoms with van der Waals surface area (Å²) in [6.07, 6.45) is 9.71. The molecule has 2 aromatic rings. The first-order chi connectivity index (χ1) is 16.2. The summed E-state index contributed by atoms with van der Waals surface area (Å²) in [4.78, 5) is 27.4. The van der Waals surface area contributed by atoms with Crippen LogP contribution in [-0.4, -0.2) is 51.4 Å². The summed E-state index contributed by atoms with van der Waals surface area (Å²) < 4.78 is 7.63. The van der Waals surface area contributed by atoms with E-state index >= 15 is 0 Å². The first-order valence-corrected chi connectivity index (χ1v) is 13.0. The van der Waals surface area contributed by atoms with Crippen LogP contribution in [0.15, 0.2) is 24.3 Å². The molecular weight excluding hydrogens is 428 g/mol. The highest BCUT2D eigenvalue weighted by Gasteiger charge is 2.47. The average Bonchev–Trinajstić information content (AvgIpc) is 3.18. The van der Waals surface area contributed by atoms with Crippen molar-refractivity contribution in [3.05, 3.63) is 30.0 Å². The summed E-state index contributed by atoms with van der Waals surface area (Å²) in [6.45, 7) is 7.16. The molecular formula is C27H38N4O3. The van der Waals surface area contributed by atoms with Gasteiger partial charge in [-0.2, -0.15) is 5.10 Å². The first kappa shape index (κ1) is 23.2. The van der Waals surface area contributed by atoms with Crippen LogP contribution in [0.5, 0.6) is 0 Å². The Morgan fingerprint density at radius 3 is 2.41 bits per heavy atom. The summed E-state index contributed by atoms with van der Waals surface area (Å²) in [7, 11) is 0. The van der Waals surface area contributed by atoms with Gasteiger partial charge in [0.05, 0.1) is 11.6 Å². The maximum Gasteiger partial charge on any atom is 0.410 e. The molecule has 1 aromatic carbocycles. The van der Waals surface area contributed by atoms with Crippen molar-refractivity contribution in [3.8, 4) is 0 Å². The number of amides is 2. The molecule has 1 aliphatic heterocycles. The van der Waals surface area contributed by atoms with Crippen molar-refractivity contribution in [2.24, 2.45) is 5.41 Å². The number of hydrogen-bond acceptors (Lipinski definition) is 4. The summed E-state index contributed by atoms with van der Waals surface area (Å²) in [5.41, 5.74) is 1.40. The Labute approximate surface area is 202 Å². The molecule has 1 spiro atoms. The predicted octanol–water partition coefficient (Wildman–Crippen LogP) is 5.45. The predicted molar refractivity (Wildman–Crippen MR) is 132 cm³/mol. The van der Waals surface area contributed by atoms with E-state index in [1.807, 2.05) is 43.9 Å². The zero-order chi connectivity index (χ0) is 23.9. The van der Waals surface area contributed by atoms with Gasteiger partial charge in [-0.3, -0.25) is 9.48 Å². The Kier molecular flexibility index (Phi) is 6.07. The number of aromatic nitrogens is 2. The number of nitrogens with one attached hydrogen (secondary N) is 1. The molecule has 7 nitrogen and oxygen atoms in total. The maximum atomic E-state index is 13.2. The Morgan fingerprint density at radius 2 is 1.74 bits per heavy atom. The topological polar surface area (TPSA) is 76.5 Å². The Balaban J connectivity index is 1.19. The molecule has 3 aliphatic rings. The van der Waals surface area contributed by atoms with Crippen molar-refractivity contribution in [3.63, 3.8) is 0 Å². The van der Waals surface area contributed by atoms with Crippen molar-refractivity contribution in [1.29, 1.82) is 0 Å². The van der Waals surface area contributed by atoms with Gasteiger partial charge in [-0.25, -0.2) is 4.79 Å². The normalized spacial score (nSPS) is 21.4. The minimum absolute atomic E-state index is 0.0585. The van der Waals surface area contributed by atoms with E-state index in [2.05, 4.69) is 16.1 Å². The van der Waals surface area contributed by atoms with Gasteiger partial charge in [0.2, 0.25) is 0 Å². The van der Waals surface area contributed by atoms with E-state index in [0.29, 0.717) is 11.7 Å². The lowest BCUT2D eigenvalue weighted by Gasteiger charge is -2.52. The fourth-order valence-electron chi connectivity index (χ4n) is 6.10. The molecule has 34 heavy (non-hydrogen) atoms. The van der Waals surface area contributed by atoms with Crippen LogP contribution in [0.3, 0.4) is 0 Å². The van der Waals surface area contributed by atoms with Crippen LogP contribution >= 0.6 is 0 Å². The molecule has 3 fully saturated rings. The lowest BCUT2D eigenvalue weighted by molar-refractivity contribution is -0.0151. The van der Waals surface area contributed by atoms with Crippen LogP contribution in [0.25, 0.3) is 10.9 Å². The number of rotatable bonds is 3. The molecule has 2 heterocycles. The third-order valence-electron chi connectivity index (χ3n) is 7.92. The van der Waals surface area contributed by atoms with Gasteiger partial charge in [0.25, 0.3) is 5.91 Å². The number of hydrogen-bond donors (Lipinski definition) is 1. The molecule has 0 bridgehead atoms. The van der Waals surface area contributed by atoms with E-state index in [9.17, 15) is 9.59 Å². The highest BCUT2D eigenvalue weighted by atomic mass is 16.6. The molecule has 0 unspecified atom stereocenters. The molecule has 0 atom stereocenters. The van der Waals surface area contributed by atoms with Gasteiger partial charge in [0.1, 0.15) is 5.60 Å². The average molecular weight is 467 g/mol. The maximum absolute atomic E-state index is 13.2. The van der Waals surface area contributed by atoms with E-state index in [0.717, 1.165) is 62.5 Å². The lowest BCUT2D eigenvalue weighted by atomic mass is 9.60.